The number of hydrogen-bond donors (Lipinski definition) is 1. The van der Waals surface area contributed by atoms with E-state index < -0.39 is 0 Å². The molecule has 0 saturated heterocycles. The normalized spacial score (nSPS) is 15.3. The highest BCUT2D eigenvalue weighted by molar-refractivity contribution is 6.33. The third-order valence-corrected chi connectivity index (χ3v) is 1.91. The number of amides is 1. The quantitative estimate of drug-likeness (QED) is 0.609. The number of carbonyl (C=O) groups excluding carboxylic acids is 1. The summed E-state index contributed by atoms with van der Waals surface area (Å²) in [6.45, 7) is 0.845. The van der Waals surface area contributed by atoms with E-state index in [-0.39, 0.29) is 22.5 Å². The van der Waals surface area contributed by atoms with Gasteiger partial charge >= 0.3 is 0 Å². The van der Waals surface area contributed by atoms with E-state index in [1.165, 1.54) is 6.33 Å². The predicted molar refractivity (Wildman–Crippen MR) is 44.9 cm³/mol. The molecule has 1 aliphatic rings. The zero-order chi connectivity index (χ0) is 9.26. The van der Waals surface area contributed by atoms with Crippen LogP contribution in [0.15, 0.2) is 6.33 Å². The third-order valence-electron chi connectivity index (χ3n) is 1.62. The number of nitrogens with zero attached hydrogens (tertiary/aromatic N) is 2. The van der Waals surface area contributed by atoms with Crippen molar-refractivity contribution >= 4 is 17.5 Å². The lowest BCUT2D eigenvalue weighted by molar-refractivity contribution is 0.0957. The zero-order valence-corrected chi connectivity index (χ0v) is 7.34. The number of halogens is 1. The van der Waals surface area contributed by atoms with Crippen molar-refractivity contribution in [1.29, 1.82) is 0 Å². The van der Waals surface area contributed by atoms with Crippen LogP contribution >= 0.6 is 11.6 Å². The van der Waals surface area contributed by atoms with Gasteiger partial charge in [-0.05, 0) is 0 Å². The van der Waals surface area contributed by atoms with Crippen molar-refractivity contribution < 1.29 is 9.53 Å². The maximum atomic E-state index is 11.4. The molecule has 0 fully saturated rings. The second kappa shape index (κ2) is 3.18. The maximum Gasteiger partial charge on any atom is 0.260 e. The van der Waals surface area contributed by atoms with Crippen molar-refractivity contribution in [3.63, 3.8) is 0 Å². The highest BCUT2D eigenvalue weighted by atomic mass is 35.5. The van der Waals surface area contributed by atoms with Gasteiger partial charge in [-0.1, -0.05) is 11.6 Å². The molecule has 0 aromatic carbocycles. The van der Waals surface area contributed by atoms with E-state index in [0.29, 0.717) is 13.2 Å². The summed E-state index contributed by atoms with van der Waals surface area (Å²) in [6, 6.07) is 0. The Morgan fingerprint density at radius 2 is 2.38 bits per heavy atom. The van der Waals surface area contributed by atoms with Crippen LogP contribution in [0.1, 0.15) is 10.4 Å². The molecule has 0 unspecified atom stereocenters. The van der Waals surface area contributed by atoms with E-state index in [1.807, 2.05) is 0 Å². The SMILES string of the molecule is O=C1NCCOc2ncnc(Cl)c21. The lowest BCUT2D eigenvalue weighted by Crippen LogP contribution is -2.24. The molecule has 0 radical (unpaired) electrons. The molecular weight excluding hydrogens is 194 g/mol. The molecule has 0 bridgehead atoms. The summed E-state index contributed by atoms with van der Waals surface area (Å²) in [6.07, 6.45) is 1.26. The highest BCUT2D eigenvalue weighted by Crippen LogP contribution is 2.22. The Kier molecular flexibility index (Phi) is 2.02. The molecule has 0 atom stereocenters. The molecule has 5 nitrogen and oxygen atoms in total. The monoisotopic (exact) mass is 199 g/mol. The fourth-order valence-corrected chi connectivity index (χ4v) is 1.26. The molecule has 13 heavy (non-hydrogen) atoms. The van der Waals surface area contributed by atoms with Gasteiger partial charge in [-0.25, -0.2) is 9.97 Å². The number of aromatic nitrogens is 2. The van der Waals surface area contributed by atoms with Crippen LogP contribution in [0.3, 0.4) is 0 Å². The Balaban J connectivity index is 2.55. The lowest BCUT2D eigenvalue weighted by atomic mass is 10.3. The van der Waals surface area contributed by atoms with Crippen LogP contribution in [-0.4, -0.2) is 29.0 Å². The zero-order valence-electron chi connectivity index (χ0n) is 6.58. The highest BCUT2D eigenvalue weighted by Gasteiger charge is 2.21. The number of hydrogen-bond acceptors (Lipinski definition) is 4. The van der Waals surface area contributed by atoms with Gasteiger partial charge in [-0.2, -0.15) is 0 Å². The number of ether oxygens (including phenoxy) is 1. The largest absolute Gasteiger partial charge is 0.475 e. The van der Waals surface area contributed by atoms with Gasteiger partial charge in [0.25, 0.3) is 5.91 Å². The summed E-state index contributed by atoms with van der Waals surface area (Å²) in [7, 11) is 0. The van der Waals surface area contributed by atoms with Gasteiger partial charge in [0.2, 0.25) is 5.88 Å². The van der Waals surface area contributed by atoms with E-state index in [0.717, 1.165) is 0 Å². The van der Waals surface area contributed by atoms with Crippen molar-refractivity contribution in [2.75, 3.05) is 13.2 Å². The fraction of sp³-hybridized carbons (Fsp3) is 0.286. The van der Waals surface area contributed by atoms with Gasteiger partial charge in [0.15, 0.2) is 0 Å². The molecule has 0 aliphatic carbocycles. The first-order valence-electron chi connectivity index (χ1n) is 3.70. The van der Waals surface area contributed by atoms with E-state index in [9.17, 15) is 4.79 Å². The molecule has 0 spiro atoms. The number of fused-ring (bicyclic) bond motifs is 1. The average molecular weight is 200 g/mol. The summed E-state index contributed by atoms with van der Waals surface area (Å²) in [4.78, 5) is 18.9. The van der Waals surface area contributed by atoms with Crippen LogP contribution < -0.4 is 10.1 Å². The molecule has 1 aromatic heterocycles. The molecule has 2 heterocycles. The van der Waals surface area contributed by atoms with Crippen LogP contribution in [0.5, 0.6) is 5.88 Å². The van der Waals surface area contributed by atoms with Crippen molar-refractivity contribution in [3.05, 3.63) is 17.0 Å². The van der Waals surface area contributed by atoms with Gasteiger partial charge in [0.05, 0.1) is 6.54 Å². The molecule has 68 valence electrons. The van der Waals surface area contributed by atoms with Crippen LogP contribution in [0.4, 0.5) is 0 Å². The van der Waals surface area contributed by atoms with E-state index in [4.69, 9.17) is 16.3 Å². The minimum absolute atomic E-state index is 0.115. The fourth-order valence-electron chi connectivity index (χ4n) is 1.05. The van der Waals surface area contributed by atoms with Crippen LogP contribution in [0.2, 0.25) is 5.15 Å². The first-order valence-corrected chi connectivity index (χ1v) is 4.08. The summed E-state index contributed by atoms with van der Waals surface area (Å²) in [5.41, 5.74) is 0.210. The predicted octanol–water partition coefficient (Wildman–Crippen LogP) is 0.252. The van der Waals surface area contributed by atoms with Crippen LogP contribution in [0.25, 0.3) is 0 Å². The third kappa shape index (κ3) is 1.42. The van der Waals surface area contributed by atoms with E-state index in [2.05, 4.69) is 15.3 Å². The molecular formula is C7H6ClN3O2. The van der Waals surface area contributed by atoms with Crippen LogP contribution in [-0.2, 0) is 0 Å². The van der Waals surface area contributed by atoms with Crippen molar-refractivity contribution in [2.24, 2.45) is 0 Å². The van der Waals surface area contributed by atoms with Crippen molar-refractivity contribution in [2.45, 2.75) is 0 Å². The lowest BCUT2D eigenvalue weighted by Gasteiger charge is -2.03. The molecule has 0 saturated carbocycles. The van der Waals surface area contributed by atoms with Gasteiger partial charge in [-0.15, -0.1) is 0 Å². The molecule has 1 N–H and O–H groups in total. The van der Waals surface area contributed by atoms with Crippen LogP contribution in [0, 0.1) is 0 Å². The molecule has 1 aliphatic heterocycles. The van der Waals surface area contributed by atoms with Gasteiger partial charge in [0, 0.05) is 0 Å². The number of carbonyl (C=O) groups is 1. The molecule has 1 aromatic rings. The van der Waals surface area contributed by atoms with E-state index >= 15 is 0 Å². The van der Waals surface area contributed by atoms with Crippen molar-refractivity contribution in [3.8, 4) is 5.88 Å². The average Bonchev–Trinajstić information content (AvgIpc) is 2.29. The minimum atomic E-state index is -0.293. The Morgan fingerprint density at radius 3 is 3.23 bits per heavy atom. The Labute approximate surface area is 79.1 Å². The Morgan fingerprint density at radius 1 is 1.54 bits per heavy atom. The van der Waals surface area contributed by atoms with E-state index in [1.54, 1.807) is 0 Å². The second-order valence-electron chi connectivity index (χ2n) is 2.45. The van der Waals surface area contributed by atoms with Gasteiger partial charge in [0.1, 0.15) is 23.7 Å². The standard InChI is InChI=1S/C7H6ClN3O2/c8-5-4-6(12)9-1-2-13-7(4)11-3-10-5/h3H,1-2H2,(H,9,12). The summed E-state index contributed by atoms with van der Waals surface area (Å²) in [5, 5.41) is 2.73. The minimum Gasteiger partial charge on any atom is -0.475 e. The van der Waals surface area contributed by atoms with Gasteiger partial charge in [-0.3, -0.25) is 4.79 Å². The molecule has 1 amide bonds. The summed E-state index contributed by atoms with van der Waals surface area (Å²) in [5.74, 6) is -0.0481. The summed E-state index contributed by atoms with van der Waals surface area (Å²) < 4.78 is 5.18. The second-order valence-corrected chi connectivity index (χ2v) is 2.81. The van der Waals surface area contributed by atoms with Gasteiger partial charge < -0.3 is 10.1 Å². The number of rotatable bonds is 0. The molecule has 6 heteroatoms. The Bertz CT molecular complexity index is 356. The number of nitrogens with one attached hydrogen (secondary N) is 1. The summed E-state index contributed by atoms with van der Waals surface area (Å²) >= 11 is 5.72. The maximum absolute atomic E-state index is 11.4. The topological polar surface area (TPSA) is 64.1 Å². The smallest absolute Gasteiger partial charge is 0.260 e. The first-order chi connectivity index (χ1) is 6.29. The first kappa shape index (κ1) is 8.25. The van der Waals surface area contributed by atoms with Crippen molar-refractivity contribution in [1.82, 2.24) is 15.3 Å². The Hall–Kier alpha value is -1.36. The molecule has 2 rings (SSSR count).